The first-order valence-electron chi connectivity index (χ1n) is 12.5. The van der Waals surface area contributed by atoms with Crippen LogP contribution in [-0.4, -0.2) is 23.7 Å². The smallest absolute Gasteiger partial charge is 0.305 e. The van der Waals surface area contributed by atoms with Gasteiger partial charge in [0.05, 0.1) is 6.61 Å². The fourth-order valence-electron chi connectivity index (χ4n) is 3.67. The largest absolute Gasteiger partial charge is 0.481 e. The zero-order valence-electron chi connectivity index (χ0n) is 19.2. The van der Waals surface area contributed by atoms with Crippen molar-refractivity contribution in [3.8, 4) is 0 Å². The lowest BCUT2D eigenvalue weighted by atomic mass is 10.0. The Hall–Kier alpha value is -1.06. The second-order valence-electron chi connectivity index (χ2n) is 8.44. The molecule has 0 fully saturated rings. The summed E-state index contributed by atoms with van der Waals surface area (Å²) in [6.45, 7) is 2.43. The molecule has 4 heteroatoms. The number of unbranched alkanes of at least 4 members (excludes halogenated alkanes) is 18. The summed E-state index contributed by atoms with van der Waals surface area (Å²) in [4.78, 5) is 21.4. The number of carboxylic acids is 1. The van der Waals surface area contributed by atoms with Crippen LogP contribution in [0.2, 0.25) is 0 Å². The molecule has 0 unspecified atom stereocenters. The van der Waals surface area contributed by atoms with Crippen molar-refractivity contribution >= 4 is 11.9 Å². The molecule has 0 heterocycles. The lowest BCUT2D eigenvalue weighted by Gasteiger charge is -2.04. The van der Waals surface area contributed by atoms with Gasteiger partial charge in [-0.2, -0.15) is 0 Å². The van der Waals surface area contributed by atoms with Crippen LogP contribution in [0.4, 0.5) is 0 Å². The third-order valence-electron chi connectivity index (χ3n) is 5.59. The molecule has 0 spiro atoms. The first-order chi connectivity index (χ1) is 14.2. The third-order valence-corrected chi connectivity index (χ3v) is 5.59. The number of aliphatic carboxylic acids is 1. The molecular weight excluding hydrogens is 364 g/mol. The number of hydrogen-bond acceptors (Lipinski definition) is 3. The van der Waals surface area contributed by atoms with Gasteiger partial charge in [-0.05, 0) is 12.8 Å². The zero-order valence-corrected chi connectivity index (χ0v) is 19.2. The average molecular weight is 413 g/mol. The molecule has 4 nitrogen and oxygen atoms in total. The Morgan fingerprint density at radius 3 is 1.17 bits per heavy atom. The number of ether oxygens (including phenoxy) is 1. The molecule has 0 saturated heterocycles. The molecule has 29 heavy (non-hydrogen) atoms. The Bertz CT molecular complexity index is 368. The summed E-state index contributed by atoms with van der Waals surface area (Å²) in [5.74, 6) is -0.739. The van der Waals surface area contributed by atoms with Gasteiger partial charge in [0.15, 0.2) is 0 Å². The number of esters is 1. The van der Waals surface area contributed by atoms with Crippen molar-refractivity contribution in [1.29, 1.82) is 0 Å². The fraction of sp³-hybridized carbons (Fsp3) is 0.920. The fourth-order valence-corrected chi connectivity index (χ4v) is 3.67. The maximum Gasteiger partial charge on any atom is 0.305 e. The quantitative estimate of drug-likeness (QED) is 0.137. The number of rotatable bonds is 23. The van der Waals surface area contributed by atoms with Crippen LogP contribution >= 0.6 is 0 Å². The standard InChI is InChI=1S/C25H48O4/c1-2-25(28)29-23-21-19-17-15-13-11-9-7-5-3-4-6-8-10-12-14-16-18-20-22-24(26)27/h2-23H2,1H3,(H,26,27). The molecule has 0 aromatic carbocycles. The molecule has 0 radical (unpaired) electrons. The number of carbonyl (C=O) groups is 2. The van der Waals surface area contributed by atoms with E-state index in [0.29, 0.717) is 19.4 Å². The van der Waals surface area contributed by atoms with Gasteiger partial charge < -0.3 is 9.84 Å². The van der Waals surface area contributed by atoms with Crippen molar-refractivity contribution in [3.05, 3.63) is 0 Å². The Kier molecular flexibility index (Phi) is 22.4. The van der Waals surface area contributed by atoms with Crippen LogP contribution < -0.4 is 0 Å². The normalized spacial score (nSPS) is 10.9. The Morgan fingerprint density at radius 2 is 0.862 bits per heavy atom. The average Bonchev–Trinajstić information content (AvgIpc) is 2.71. The Balaban J connectivity index is 3.03. The molecule has 0 aromatic rings. The van der Waals surface area contributed by atoms with Crippen molar-refractivity contribution in [2.75, 3.05) is 6.61 Å². The molecule has 0 bridgehead atoms. The Labute approximate surface area is 180 Å². The highest BCUT2D eigenvalue weighted by atomic mass is 16.5. The van der Waals surface area contributed by atoms with Crippen LogP contribution in [-0.2, 0) is 14.3 Å². The number of hydrogen-bond donors (Lipinski definition) is 1. The summed E-state index contributed by atoms with van der Waals surface area (Å²) in [6, 6.07) is 0. The van der Waals surface area contributed by atoms with E-state index in [-0.39, 0.29) is 5.97 Å². The summed E-state index contributed by atoms with van der Waals surface area (Å²) in [5.41, 5.74) is 0. The van der Waals surface area contributed by atoms with Crippen LogP contribution in [0, 0.1) is 0 Å². The molecule has 0 atom stereocenters. The van der Waals surface area contributed by atoms with Gasteiger partial charge in [-0.1, -0.05) is 116 Å². The second-order valence-corrected chi connectivity index (χ2v) is 8.44. The predicted molar refractivity (Wildman–Crippen MR) is 121 cm³/mol. The van der Waals surface area contributed by atoms with Gasteiger partial charge in [-0.15, -0.1) is 0 Å². The van der Waals surface area contributed by atoms with Crippen LogP contribution in [0.5, 0.6) is 0 Å². The molecular formula is C25H48O4. The number of carboxylic acid groups (broad SMARTS) is 1. The van der Waals surface area contributed by atoms with Gasteiger partial charge in [0.2, 0.25) is 0 Å². The van der Waals surface area contributed by atoms with Crippen LogP contribution in [0.3, 0.4) is 0 Å². The minimum atomic E-state index is -0.662. The lowest BCUT2D eigenvalue weighted by molar-refractivity contribution is -0.143. The summed E-state index contributed by atoms with van der Waals surface area (Å²) < 4.78 is 5.08. The zero-order chi connectivity index (χ0) is 21.4. The van der Waals surface area contributed by atoms with Crippen molar-refractivity contribution < 1.29 is 19.4 Å². The maximum absolute atomic E-state index is 11.0. The number of carbonyl (C=O) groups excluding carboxylic acids is 1. The molecule has 0 amide bonds. The van der Waals surface area contributed by atoms with E-state index in [0.717, 1.165) is 19.3 Å². The maximum atomic E-state index is 11.0. The minimum Gasteiger partial charge on any atom is -0.481 e. The SMILES string of the molecule is CCC(=O)OCCCCCCCCCCCCCCCCCCCCCC(=O)O. The van der Waals surface area contributed by atoms with Crippen molar-refractivity contribution in [2.45, 2.75) is 142 Å². The van der Waals surface area contributed by atoms with Gasteiger partial charge >= 0.3 is 11.9 Å². The van der Waals surface area contributed by atoms with Gasteiger partial charge in [-0.25, -0.2) is 0 Å². The van der Waals surface area contributed by atoms with E-state index in [1.807, 2.05) is 6.92 Å². The molecule has 0 rings (SSSR count). The van der Waals surface area contributed by atoms with E-state index in [1.165, 1.54) is 103 Å². The van der Waals surface area contributed by atoms with Crippen molar-refractivity contribution in [1.82, 2.24) is 0 Å². The van der Waals surface area contributed by atoms with Crippen LogP contribution in [0.25, 0.3) is 0 Å². The summed E-state index contributed by atoms with van der Waals surface area (Å²) in [5, 5.41) is 8.58. The molecule has 0 aliphatic heterocycles. The summed E-state index contributed by atoms with van der Waals surface area (Å²) in [7, 11) is 0. The van der Waals surface area contributed by atoms with E-state index in [2.05, 4.69) is 0 Å². The van der Waals surface area contributed by atoms with Gasteiger partial charge in [-0.3, -0.25) is 9.59 Å². The predicted octanol–water partition coefficient (Wildman–Crippen LogP) is 7.83. The van der Waals surface area contributed by atoms with E-state index in [9.17, 15) is 9.59 Å². The highest BCUT2D eigenvalue weighted by Crippen LogP contribution is 2.14. The van der Waals surface area contributed by atoms with Gasteiger partial charge in [0, 0.05) is 12.8 Å². The highest BCUT2D eigenvalue weighted by Gasteiger charge is 1.98. The van der Waals surface area contributed by atoms with Crippen molar-refractivity contribution in [3.63, 3.8) is 0 Å². The lowest BCUT2D eigenvalue weighted by Crippen LogP contribution is -2.03. The van der Waals surface area contributed by atoms with Gasteiger partial charge in [0.25, 0.3) is 0 Å². The third kappa shape index (κ3) is 24.9. The summed E-state index contributed by atoms with van der Waals surface area (Å²) in [6.07, 6.45) is 25.1. The van der Waals surface area contributed by atoms with E-state index < -0.39 is 5.97 Å². The molecule has 172 valence electrons. The van der Waals surface area contributed by atoms with E-state index >= 15 is 0 Å². The van der Waals surface area contributed by atoms with E-state index in [1.54, 1.807) is 0 Å². The molecule has 0 aliphatic rings. The Morgan fingerprint density at radius 1 is 0.552 bits per heavy atom. The second kappa shape index (κ2) is 23.2. The van der Waals surface area contributed by atoms with E-state index in [4.69, 9.17) is 9.84 Å². The minimum absolute atomic E-state index is 0.0771. The molecule has 0 aliphatic carbocycles. The molecule has 0 aromatic heterocycles. The first kappa shape index (κ1) is 27.9. The monoisotopic (exact) mass is 412 g/mol. The molecule has 1 N–H and O–H groups in total. The molecule has 0 saturated carbocycles. The summed E-state index contributed by atoms with van der Waals surface area (Å²) >= 11 is 0. The van der Waals surface area contributed by atoms with Gasteiger partial charge in [0.1, 0.15) is 0 Å². The van der Waals surface area contributed by atoms with Crippen molar-refractivity contribution in [2.24, 2.45) is 0 Å². The van der Waals surface area contributed by atoms with Crippen LogP contribution in [0.15, 0.2) is 0 Å². The first-order valence-corrected chi connectivity index (χ1v) is 12.5. The highest BCUT2D eigenvalue weighted by molar-refractivity contribution is 5.68. The topological polar surface area (TPSA) is 63.6 Å². The van der Waals surface area contributed by atoms with Crippen LogP contribution in [0.1, 0.15) is 142 Å².